The van der Waals surface area contributed by atoms with Crippen LogP contribution in [-0.4, -0.2) is 19.3 Å². The number of nitrogens with zero attached hydrogens (tertiary/aromatic N) is 1. The Morgan fingerprint density at radius 1 is 1.17 bits per heavy atom. The molecule has 0 aromatic heterocycles. The lowest BCUT2D eigenvalue weighted by atomic mass is 9.95. The number of hydrogen-bond acceptors (Lipinski definition) is 1. The van der Waals surface area contributed by atoms with Crippen molar-refractivity contribution in [2.45, 2.75) is 24.9 Å². The highest BCUT2D eigenvalue weighted by Gasteiger charge is 2.41. The minimum Gasteiger partial charge on any atom is -0.371 e. The van der Waals surface area contributed by atoms with E-state index in [1.165, 1.54) is 0 Å². The summed E-state index contributed by atoms with van der Waals surface area (Å²) in [6, 6.07) is 7.62. The Labute approximate surface area is 110 Å². The lowest BCUT2D eigenvalue weighted by Crippen LogP contribution is -2.39. The van der Waals surface area contributed by atoms with E-state index in [2.05, 4.69) is 0 Å². The molecule has 0 unspecified atom stereocenters. The van der Waals surface area contributed by atoms with Gasteiger partial charge in [0.2, 0.25) is 0 Å². The number of halogens is 4. The van der Waals surface area contributed by atoms with E-state index in [1.54, 1.807) is 0 Å². The van der Waals surface area contributed by atoms with E-state index in [0.717, 1.165) is 11.3 Å². The van der Waals surface area contributed by atoms with Crippen molar-refractivity contribution >= 4 is 17.3 Å². The topological polar surface area (TPSA) is 3.24 Å². The summed E-state index contributed by atoms with van der Waals surface area (Å²) < 4.78 is 37.7. The molecule has 0 saturated carbocycles. The third-order valence-electron chi connectivity index (χ3n) is 3.43. The summed E-state index contributed by atoms with van der Waals surface area (Å²) in [5.74, 6) is -0.771. The SMILES string of the molecule is FC(F)(F)C1CCN(c2ccccc2CCl)CC1. The van der Waals surface area contributed by atoms with Crippen molar-refractivity contribution in [3.63, 3.8) is 0 Å². The van der Waals surface area contributed by atoms with Crippen molar-refractivity contribution in [2.75, 3.05) is 18.0 Å². The van der Waals surface area contributed by atoms with Crippen molar-refractivity contribution in [1.82, 2.24) is 0 Å². The molecule has 100 valence electrons. The number of hydrogen-bond donors (Lipinski definition) is 0. The third kappa shape index (κ3) is 2.91. The first kappa shape index (κ1) is 13.5. The molecular formula is C13H15ClF3N. The van der Waals surface area contributed by atoms with E-state index in [-0.39, 0.29) is 12.8 Å². The van der Waals surface area contributed by atoms with Crippen molar-refractivity contribution in [3.05, 3.63) is 29.8 Å². The van der Waals surface area contributed by atoms with Crippen LogP contribution in [0.2, 0.25) is 0 Å². The van der Waals surface area contributed by atoms with Gasteiger partial charge < -0.3 is 4.90 Å². The van der Waals surface area contributed by atoms with Gasteiger partial charge in [-0.15, -0.1) is 11.6 Å². The van der Waals surface area contributed by atoms with Crippen LogP contribution in [0.1, 0.15) is 18.4 Å². The highest BCUT2D eigenvalue weighted by molar-refractivity contribution is 6.17. The van der Waals surface area contributed by atoms with Crippen LogP contribution in [0.4, 0.5) is 18.9 Å². The zero-order valence-corrected chi connectivity index (χ0v) is 10.6. The Bertz CT molecular complexity index is 397. The second-order valence-electron chi connectivity index (χ2n) is 4.57. The standard InChI is InChI=1S/C13H15ClF3N/c14-9-10-3-1-2-4-12(10)18-7-5-11(6-8-18)13(15,16)17/h1-4,11H,5-9H2. The number of rotatable bonds is 2. The number of alkyl halides is 4. The van der Waals surface area contributed by atoms with E-state index in [1.807, 2.05) is 29.2 Å². The molecule has 0 radical (unpaired) electrons. The van der Waals surface area contributed by atoms with E-state index < -0.39 is 12.1 Å². The summed E-state index contributed by atoms with van der Waals surface area (Å²) in [6.07, 6.45) is -3.72. The van der Waals surface area contributed by atoms with Crippen LogP contribution in [0, 0.1) is 5.92 Å². The predicted octanol–water partition coefficient (Wildman–Crippen LogP) is 4.20. The molecule has 2 rings (SSSR count). The summed E-state index contributed by atoms with van der Waals surface area (Å²) in [5, 5.41) is 0. The van der Waals surface area contributed by atoms with E-state index in [4.69, 9.17) is 11.6 Å². The summed E-state index contributed by atoms with van der Waals surface area (Å²) in [6.45, 7) is 0.885. The van der Waals surface area contributed by atoms with Crippen LogP contribution in [-0.2, 0) is 5.88 Å². The van der Waals surface area contributed by atoms with Gasteiger partial charge in [-0.1, -0.05) is 18.2 Å². The molecule has 1 aromatic carbocycles. The van der Waals surface area contributed by atoms with Gasteiger partial charge in [-0.05, 0) is 24.5 Å². The molecule has 0 aliphatic carbocycles. The van der Waals surface area contributed by atoms with Crippen LogP contribution in [0.3, 0.4) is 0 Å². The van der Waals surface area contributed by atoms with Gasteiger partial charge in [-0.3, -0.25) is 0 Å². The van der Waals surface area contributed by atoms with Crippen molar-refractivity contribution in [3.8, 4) is 0 Å². The molecule has 1 fully saturated rings. The number of para-hydroxylation sites is 1. The molecule has 0 amide bonds. The van der Waals surface area contributed by atoms with Crippen LogP contribution in [0.5, 0.6) is 0 Å². The first-order valence-electron chi connectivity index (χ1n) is 5.98. The Morgan fingerprint density at radius 2 is 1.78 bits per heavy atom. The number of anilines is 1. The fourth-order valence-electron chi connectivity index (χ4n) is 2.38. The van der Waals surface area contributed by atoms with Crippen LogP contribution >= 0.6 is 11.6 Å². The predicted molar refractivity (Wildman–Crippen MR) is 67.0 cm³/mol. The first-order chi connectivity index (χ1) is 8.52. The van der Waals surface area contributed by atoms with Gasteiger partial charge in [0.1, 0.15) is 0 Å². The molecule has 0 atom stereocenters. The van der Waals surface area contributed by atoms with Gasteiger partial charge in [0.15, 0.2) is 0 Å². The van der Waals surface area contributed by atoms with Crippen LogP contribution < -0.4 is 4.90 Å². The molecule has 5 heteroatoms. The molecule has 1 heterocycles. The Balaban J connectivity index is 2.06. The highest BCUT2D eigenvalue weighted by atomic mass is 35.5. The largest absolute Gasteiger partial charge is 0.391 e. The molecule has 18 heavy (non-hydrogen) atoms. The molecule has 1 aliphatic rings. The lowest BCUT2D eigenvalue weighted by Gasteiger charge is -2.35. The summed E-state index contributed by atoms with van der Waals surface area (Å²) in [5.41, 5.74) is 1.94. The van der Waals surface area contributed by atoms with Crippen molar-refractivity contribution < 1.29 is 13.2 Å². The summed E-state index contributed by atoms with van der Waals surface area (Å²) in [4.78, 5) is 2.00. The second kappa shape index (κ2) is 5.39. The molecule has 1 aliphatic heterocycles. The maximum absolute atomic E-state index is 12.6. The van der Waals surface area contributed by atoms with Crippen LogP contribution in [0.25, 0.3) is 0 Å². The highest BCUT2D eigenvalue weighted by Crippen LogP contribution is 2.36. The van der Waals surface area contributed by atoms with E-state index in [0.29, 0.717) is 19.0 Å². The molecule has 0 N–H and O–H groups in total. The Hall–Kier alpha value is -0.900. The average molecular weight is 278 g/mol. The first-order valence-corrected chi connectivity index (χ1v) is 6.51. The molecule has 1 aromatic rings. The maximum Gasteiger partial charge on any atom is 0.391 e. The normalized spacial score (nSPS) is 18.1. The van der Waals surface area contributed by atoms with E-state index >= 15 is 0 Å². The number of piperidine rings is 1. The van der Waals surface area contributed by atoms with Gasteiger partial charge >= 0.3 is 6.18 Å². The Kier molecular flexibility index (Phi) is 4.05. The minimum atomic E-state index is -4.06. The lowest BCUT2D eigenvalue weighted by molar-refractivity contribution is -0.179. The molecule has 0 spiro atoms. The maximum atomic E-state index is 12.6. The number of benzene rings is 1. The van der Waals surface area contributed by atoms with Crippen molar-refractivity contribution in [1.29, 1.82) is 0 Å². The zero-order chi connectivity index (χ0) is 13.2. The fourth-order valence-corrected chi connectivity index (χ4v) is 2.61. The van der Waals surface area contributed by atoms with Gasteiger partial charge in [-0.2, -0.15) is 13.2 Å². The second-order valence-corrected chi connectivity index (χ2v) is 4.83. The van der Waals surface area contributed by atoms with Crippen LogP contribution in [0.15, 0.2) is 24.3 Å². The van der Waals surface area contributed by atoms with Gasteiger partial charge in [0, 0.05) is 24.7 Å². The molecule has 0 bridgehead atoms. The quantitative estimate of drug-likeness (QED) is 0.732. The average Bonchev–Trinajstić information content (AvgIpc) is 2.38. The zero-order valence-electron chi connectivity index (χ0n) is 9.88. The Morgan fingerprint density at radius 3 is 2.33 bits per heavy atom. The summed E-state index contributed by atoms with van der Waals surface area (Å²) >= 11 is 5.85. The van der Waals surface area contributed by atoms with Gasteiger partial charge in [0.25, 0.3) is 0 Å². The fraction of sp³-hybridized carbons (Fsp3) is 0.538. The van der Waals surface area contributed by atoms with Gasteiger partial charge in [-0.25, -0.2) is 0 Å². The molecule has 1 saturated heterocycles. The monoisotopic (exact) mass is 277 g/mol. The molecule has 1 nitrogen and oxygen atoms in total. The smallest absolute Gasteiger partial charge is 0.371 e. The van der Waals surface area contributed by atoms with Crippen molar-refractivity contribution in [2.24, 2.45) is 5.92 Å². The van der Waals surface area contributed by atoms with Gasteiger partial charge in [0.05, 0.1) is 5.92 Å². The summed E-state index contributed by atoms with van der Waals surface area (Å²) in [7, 11) is 0. The molecular weight excluding hydrogens is 263 g/mol. The minimum absolute atomic E-state index is 0.167. The third-order valence-corrected chi connectivity index (χ3v) is 3.72. The van der Waals surface area contributed by atoms with E-state index in [9.17, 15) is 13.2 Å².